The summed E-state index contributed by atoms with van der Waals surface area (Å²) >= 11 is 12.4. The molecule has 5 nitrogen and oxygen atoms in total. The van der Waals surface area contributed by atoms with Gasteiger partial charge in [0.1, 0.15) is 5.70 Å². The molecule has 2 aromatic rings. The smallest absolute Gasteiger partial charge is 0.278 e. The lowest BCUT2D eigenvalue weighted by Gasteiger charge is -2.29. The van der Waals surface area contributed by atoms with Gasteiger partial charge in [0.25, 0.3) is 11.8 Å². The van der Waals surface area contributed by atoms with E-state index < -0.39 is 0 Å². The molecule has 1 fully saturated rings. The highest BCUT2D eigenvalue weighted by Gasteiger charge is 2.42. The largest absolute Gasteiger partial charge is 0.366 e. The molecule has 0 spiro atoms. The van der Waals surface area contributed by atoms with Gasteiger partial charge in [0.15, 0.2) is 0 Å². The Bertz CT molecular complexity index is 953. The number of nitrogens with zero attached hydrogens (tertiary/aromatic N) is 3. The van der Waals surface area contributed by atoms with Crippen LogP contribution in [0.2, 0.25) is 10.0 Å². The summed E-state index contributed by atoms with van der Waals surface area (Å²) in [6, 6.07) is 8.60. The molecule has 2 amide bonds. The van der Waals surface area contributed by atoms with Gasteiger partial charge in [-0.3, -0.25) is 19.5 Å². The van der Waals surface area contributed by atoms with Gasteiger partial charge in [0, 0.05) is 36.1 Å². The van der Waals surface area contributed by atoms with E-state index in [1.165, 1.54) is 4.90 Å². The maximum atomic E-state index is 13.3. The van der Waals surface area contributed by atoms with Crippen LogP contribution < -0.4 is 0 Å². The number of halogens is 2. The van der Waals surface area contributed by atoms with Crippen LogP contribution in [-0.4, -0.2) is 39.7 Å². The maximum Gasteiger partial charge on any atom is 0.278 e. The Kier molecular flexibility index (Phi) is 5.38. The molecule has 0 atom stereocenters. The van der Waals surface area contributed by atoms with E-state index in [0.29, 0.717) is 26.9 Å². The minimum atomic E-state index is -0.327. The second-order valence-electron chi connectivity index (χ2n) is 6.95. The van der Waals surface area contributed by atoms with Gasteiger partial charge < -0.3 is 4.90 Å². The van der Waals surface area contributed by atoms with Crippen LogP contribution in [-0.2, 0) is 16.1 Å². The summed E-state index contributed by atoms with van der Waals surface area (Å²) in [5.74, 6) is -0.601. The van der Waals surface area contributed by atoms with Crippen LogP contribution in [0.5, 0.6) is 0 Å². The number of carbonyl (C=O) groups excluding carboxylic acids is 2. The van der Waals surface area contributed by atoms with Gasteiger partial charge in [-0.2, -0.15) is 0 Å². The fraction of sp³-hybridized carbons (Fsp3) is 0.286. The highest BCUT2D eigenvalue weighted by Crippen LogP contribution is 2.37. The van der Waals surface area contributed by atoms with E-state index in [-0.39, 0.29) is 18.4 Å². The monoisotopic (exact) mass is 415 g/mol. The van der Waals surface area contributed by atoms with Gasteiger partial charge in [-0.15, -0.1) is 0 Å². The van der Waals surface area contributed by atoms with E-state index in [0.717, 1.165) is 37.9 Å². The molecule has 0 radical (unpaired) electrons. The maximum absolute atomic E-state index is 13.3. The van der Waals surface area contributed by atoms with Crippen molar-refractivity contribution in [1.82, 2.24) is 14.8 Å². The minimum absolute atomic E-state index is 0.201. The summed E-state index contributed by atoms with van der Waals surface area (Å²) in [4.78, 5) is 33.9. The Morgan fingerprint density at radius 2 is 1.64 bits per heavy atom. The summed E-state index contributed by atoms with van der Waals surface area (Å²) in [5.41, 5.74) is 2.20. The lowest BCUT2D eigenvalue weighted by atomic mass is 10.0. The standard InChI is InChI=1S/C21H19Cl2N3O2/c22-15-4-5-16(17(23)12-15)18-19(25-10-2-1-3-11-25)21(28)26(20(18)27)13-14-6-8-24-9-7-14/h4-9,12H,1-3,10-11,13H2. The Labute approximate surface area is 173 Å². The molecular weight excluding hydrogens is 397 g/mol. The molecular formula is C21H19Cl2N3O2. The van der Waals surface area contributed by atoms with Crippen molar-refractivity contribution in [3.63, 3.8) is 0 Å². The van der Waals surface area contributed by atoms with Crippen LogP contribution >= 0.6 is 23.2 Å². The zero-order valence-electron chi connectivity index (χ0n) is 15.2. The number of hydrogen-bond donors (Lipinski definition) is 0. The molecule has 7 heteroatoms. The van der Waals surface area contributed by atoms with E-state index in [1.54, 1.807) is 42.7 Å². The molecule has 2 aliphatic heterocycles. The van der Waals surface area contributed by atoms with E-state index in [2.05, 4.69) is 4.98 Å². The molecule has 0 bridgehead atoms. The number of carbonyl (C=O) groups is 2. The van der Waals surface area contributed by atoms with E-state index >= 15 is 0 Å². The Balaban J connectivity index is 1.78. The highest BCUT2D eigenvalue weighted by molar-refractivity contribution is 6.41. The lowest BCUT2D eigenvalue weighted by molar-refractivity contribution is -0.138. The summed E-state index contributed by atoms with van der Waals surface area (Å²) in [7, 11) is 0. The fourth-order valence-electron chi connectivity index (χ4n) is 3.72. The van der Waals surface area contributed by atoms with Crippen molar-refractivity contribution in [3.8, 4) is 0 Å². The molecule has 1 aromatic heterocycles. The molecule has 3 heterocycles. The number of aromatic nitrogens is 1. The first kappa shape index (κ1) is 19.0. The van der Waals surface area contributed by atoms with Gasteiger partial charge in [-0.25, -0.2) is 0 Å². The van der Waals surface area contributed by atoms with Crippen LogP contribution in [0.1, 0.15) is 30.4 Å². The summed E-state index contributed by atoms with van der Waals surface area (Å²) in [5, 5.41) is 0.850. The number of hydrogen-bond acceptors (Lipinski definition) is 4. The zero-order valence-corrected chi connectivity index (χ0v) is 16.7. The normalized spacial score (nSPS) is 17.6. The van der Waals surface area contributed by atoms with Crippen molar-refractivity contribution < 1.29 is 9.59 Å². The second-order valence-corrected chi connectivity index (χ2v) is 7.79. The molecule has 4 rings (SSSR count). The highest BCUT2D eigenvalue weighted by atomic mass is 35.5. The summed E-state index contributed by atoms with van der Waals surface area (Å²) < 4.78 is 0. The second kappa shape index (κ2) is 7.94. The molecule has 144 valence electrons. The van der Waals surface area contributed by atoms with Crippen LogP contribution in [0.25, 0.3) is 5.57 Å². The van der Waals surface area contributed by atoms with E-state index in [9.17, 15) is 9.59 Å². The predicted octanol–water partition coefficient (Wildman–Crippen LogP) is 4.15. The quantitative estimate of drug-likeness (QED) is 0.703. The average molecular weight is 416 g/mol. The topological polar surface area (TPSA) is 53.5 Å². The number of amides is 2. The van der Waals surface area contributed by atoms with Crippen LogP contribution in [0.15, 0.2) is 48.4 Å². The van der Waals surface area contributed by atoms with Crippen LogP contribution in [0.4, 0.5) is 0 Å². The first-order valence-electron chi connectivity index (χ1n) is 9.26. The SMILES string of the molecule is O=C1C(c2ccc(Cl)cc2Cl)=C(N2CCCCC2)C(=O)N1Cc1ccncc1. The number of imide groups is 1. The van der Waals surface area contributed by atoms with Crippen LogP contribution in [0, 0.1) is 0 Å². The first-order valence-corrected chi connectivity index (χ1v) is 10.0. The van der Waals surface area contributed by atoms with Crippen molar-refractivity contribution in [1.29, 1.82) is 0 Å². The van der Waals surface area contributed by atoms with Crippen molar-refractivity contribution in [2.75, 3.05) is 13.1 Å². The Hall–Kier alpha value is -2.37. The number of pyridine rings is 1. The molecule has 0 aliphatic carbocycles. The Morgan fingerprint density at radius 1 is 0.929 bits per heavy atom. The Morgan fingerprint density at radius 3 is 2.32 bits per heavy atom. The number of rotatable bonds is 4. The molecule has 0 N–H and O–H groups in total. The number of piperidine rings is 1. The van der Waals surface area contributed by atoms with Crippen molar-refractivity contribution in [2.24, 2.45) is 0 Å². The number of likely N-dealkylation sites (tertiary alicyclic amines) is 1. The van der Waals surface area contributed by atoms with Gasteiger partial charge in [0.2, 0.25) is 0 Å². The van der Waals surface area contributed by atoms with Gasteiger partial charge >= 0.3 is 0 Å². The zero-order chi connectivity index (χ0) is 19.7. The average Bonchev–Trinajstić information content (AvgIpc) is 2.94. The molecule has 0 unspecified atom stereocenters. The van der Waals surface area contributed by atoms with Crippen LogP contribution in [0.3, 0.4) is 0 Å². The van der Waals surface area contributed by atoms with Crippen molar-refractivity contribution in [3.05, 3.63) is 69.6 Å². The molecule has 1 saturated heterocycles. The summed E-state index contributed by atoms with van der Waals surface area (Å²) in [6.45, 7) is 1.71. The number of benzene rings is 1. The van der Waals surface area contributed by atoms with E-state index in [4.69, 9.17) is 23.2 Å². The van der Waals surface area contributed by atoms with Gasteiger partial charge in [0.05, 0.1) is 17.1 Å². The predicted molar refractivity (Wildman–Crippen MR) is 109 cm³/mol. The molecule has 28 heavy (non-hydrogen) atoms. The third kappa shape index (κ3) is 3.52. The van der Waals surface area contributed by atoms with Gasteiger partial charge in [-0.1, -0.05) is 29.3 Å². The first-order chi connectivity index (χ1) is 13.6. The molecule has 2 aliphatic rings. The fourth-order valence-corrected chi connectivity index (χ4v) is 4.23. The summed E-state index contributed by atoms with van der Waals surface area (Å²) in [6.07, 6.45) is 6.42. The minimum Gasteiger partial charge on any atom is -0.366 e. The van der Waals surface area contributed by atoms with E-state index in [1.807, 2.05) is 4.90 Å². The van der Waals surface area contributed by atoms with Crippen molar-refractivity contribution in [2.45, 2.75) is 25.8 Å². The third-order valence-corrected chi connectivity index (χ3v) is 5.65. The van der Waals surface area contributed by atoms with Crippen molar-refractivity contribution >= 4 is 40.6 Å². The molecule has 0 saturated carbocycles. The lowest BCUT2D eigenvalue weighted by Crippen LogP contribution is -2.36. The third-order valence-electron chi connectivity index (χ3n) is 5.11. The van der Waals surface area contributed by atoms with Gasteiger partial charge in [-0.05, 0) is 49.1 Å². The molecule has 1 aromatic carbocycles.